The van der Waals surface area contributed by atoms with Crippen molar-refractivity contribution < 1.29 is 14.6 Å². The van der Waals surface area contributed by atoms with E-state index in [0.29, 0.717) is 5.56 Å². The molecule has 0 saturated heterocycles. The van der Waals surface area contributed by atoms with Crippen molar-refractivity contribution in [3.05, 3.63) is 45.2 Å². The monoisotopic (exact) mass is 326 g/mol. The Morgan fingerprint density at radius 2 is 2.06 bits per heavy atom. The Morgan fingerprint density at radius 3 is 2.61 bits per heavy atom. The summed E-state index contributed by atoms with van der Waals surface area (Å²) in [4.78, 5) is 12.3. The molecule has 18 heavy (non-hydrogen) atoms. The van der Waals surface area contributed by atoms with Crippen LogP contribution in [0, 0.1) is 0 Å². The maximum absolute atomic E-state index is 11.3. The molecule has 1 aromatic heterocycles. The van der Waals surface area contributed by atoms with Gasteiger partial charge in [0.15, 0.2) is 0 Å². The minimum Gasteiger partial charge on any atom is -0.465 e. The van der Waals surface area contributed by atoms with Gasteiger partial charge in [-0.1, -0.05) is 12.1 Å². The highest BCUT2D eigenvalue weighted by Gasteiger charge is 2.10. The van der Waals surface area contributed by atoms with Crippen molar-refractivity contribution in [3.8, 4) is 10.4 Å². The molecular weight excluding hydrogens is 316 g/mol. The van der Waals surface area contributed by atoms with E-state index in [2.05, 4.69) is 20.7 Å². The molecule has 0 radical (unpaired) electrons. The third-order valence-corrected chi connectivity index (χ3v) is 4.25. The van der Waals surface area contributed by atoms with Crippen LogP contribution in [-0.4, -0.2) is 18.2 Å². The normalized spacial score (nSPS) is 10.4. The summed E-state index contributed by atoms with van der Waals surface area (Å²) in [6.45, 7) is -0.00378. The molecule has 0 aliphatic carbocycles. The first-order valence-corrected chi connectivity index (χ1v) is 6.84. The summed E-state index contributed by atoms with van der Waals surface area (Å²) in [5.41, 5.74) is 2.36. The molecule has 0 aliphatic rings. The number of thiophene rings is 1. The lowest BCUT2D eigenvalue weighted by atomic mass is 10.1. The van der Waals surface area contributed by atoms with Crippen LogP contribution in [0.3, 0.4) is 0 Å². The van der Waals surface area contributed by atoms with Gasteiger partial charge in [0.05, 0.1) is 23.1 Å². The molecule has 0 unspecified atom stereocenters. The molecule has 0 bridgehead atoms. The van der Waals surface area contributed by atoms with Gasteiger partial charge < -0.3 is 9.84 Å². The molecule has 0 atom stereocenters. The zero-order chi connectivity index (χ0) is 13.1. The second kappa shape index (κ2) is 5.65. The minimum atomic E-state index is -0.351. The maximum Gasteiger partial charge on any atom is 0.337 e. The van der Waals surface area contributed by atoms with Gasteiger partial charge >= 0.3 is 5.97 Å². The van der Waals surface area contributed by atoms with Crippen LogP contribution in [0.4, 0.5) is 0 Å². The lowest BCUT2D eigenvalue weighted by Crippen LogP contribution is -2.00. The van der Waals surface area contributed by atoms with E-state index < -0.39 is 0 Å². The Hall–Kier alpha value is -1.17. The summed E-state index contributed by atoms with van der Waals surface area (Å²) in [6.07, 6.45) is 0. The highest BCUT2D eigenvalue weighted by atomic mass is 79.9. The molecule has 1 N–H and O–H groups in total. The Morgan fingerprint density at radius 1 is 1.39 bits per heavy atom. The van der Waals surface area contributed by atoms with Gasteiger partial charge in [-0.2, -0.15) is 0 Å². The summed E-state index contributed by atoms with van der Waals surface area (Å²) >= 11 is 4.96. The van der Waals surface area contributed by atoms with Crippen molar-refractivity contribution in [3.63, 3.8) is 0 Å². The zero-order valence-corrected chi connectivity index (χ0v) is 12.0. The maximum atomic E-state index is 11.3. The number of aliphatic hydroxyl groups is 1. The van der Waals surface area contributed by atoms with Crippen molar-refractivity contribution in [1.29, 1.82) is 0 Å². The van der Waals surface area contributed by atoms with Gasteiger partial charge in [-0.05, 0) is 45.3 Å². The SMILES string of the molecule is COC(=O)c1ccc(-c2sc(Br)cc2CO)cc1. The molecular formula is C13H11BrO3S. The number of hydrogen-bond donors (Lipinski definition) is 1. The molecule has 3 nitrogen and oxygen atoms in total. The van der Waals surface area contributed by atoms with E-state index in [-0.39, 0.29) is 12.6 Å². The molecule has 2 rings (SSSR count). The van der Waals surface area contributed by atoms with Crippen molar-refractivity contribution in [2.45, 2.75) is 6.61 Å². The Labute approximate surface area is 117 Å². The smallest absolute Gasteiger partial charge is 0.337 e. The number of rotatable bonds is 3. The standard InChI is InChI=1S/C13H11BrO3S/c1-17-13(16)9-4-2-8(3-5-9)12-10(7-15)6-11(14)18-12/h2-6,15H,7H2,1H3. The molecule has 2 aromatic rings. The van der Waals surface area contributed by atoms with Crippen molar-refractivity contribution in [2.24, 2.45) is 0 Å². The third kappa shape index (κ3) is 2.63. The van der Waals surface area contributed by atoms with Gasteiger partial charge in [-0.3, -0.25) is 0 Å². The Bertz CT molecular complexity index is 560. The summed E-state index contributed by atoms with van der Waals surface area (Å²) in [6, 6.07) is 9.04. The van der Waals surface area contributed by atoms with Gasteiger partial charge in [0, 0.05) is 4.88 Å². The van der Waals surface area contributed by atoms with Crippen molar-refractivity contribution in [1.82, 2.24) is 0 Å². The molecule has 1 aromatic carbocycles. The van der Waals surface area contributed by atoms with Crippen LogP contribution in [-0.2, 0) is 11.3 Å². The highest BCUT2D eigenvalue weighted by molar-refractivity contribution is 9.11. The summed E-state index contributed by atoms with van der Waals surface area (Å²) in [5.74, 6) is -0.351. The van der Waals surface area contributed by atoms with Gasteiger partial charge in [0.1, 0.15) is 0 Å². The van der Waals surface area contributed by atoms with Gasteiger partial charge in [0.25, 0.3) is 0 Å². The first kappa shape index (κ1) is 13.3. The number of benzene rings is 1. The predicted molar refractivity (Wildman–Crippen MR) is 74.7 cm³/mol. The van der Waals surface area contributed by atoms with Gasteiger partial charge in [0.2, 0.25) is 0 Å². The Kier molecular flexibility index (Phi) is 4.16. The van der Waals surface area contributed by atoms with Crippen molar-refractivity contribution >= 4 is 33.2 Å². The fourth-order valence-corrected chi connectivity index (χ4v) is 3.30. The van der Waals surface area contributed by atoms with Crippen molar-refractivity contribution in [2.75, 3.05) is 7.11 Å². The number of carbonyl (C=O) groups excluding carboxylic acids is 1. The van der Waals surface area contributed by atoms with E-state index >= 15 is 0 Å². The topological polar surface area (TPSA) is 46.5 Å². The summed E-state index contributed by atoms with van der Waals surface area (Å²) in [7, 11) is 1.36. The number of hydrogen-bond acceptors (Lipinski definition) is 4. The molecule has 1 heterocycles. The highest BCUT2D eigenvalue weighted by Crippen LogP contribution is 2.35. The number of aliphatic hydroxyl groups excluding tert-OH is 1. The first-order valence-electron chi connectivity index (χ1n) is 5.23. The number of esters is 1. The Balaban J connectivity index is 2.36. The number of methoxy groups -OCH3 is 1. The van der Waals surface area contributed by atoms with Crippen LogP contribution < -0.4 is 0 Å². The quantitative estimate of drug-likeness (QED) is 0.878. The van der Waals surface area contributed by atoms with Crippen LogP contribution in [0.2, 0.25) is 0 Å². The molecule has 5 heteroatoms. The minimum absolute atomic E-state index is 0.00378. The number of ether oxygens (including phenoxy) is 1. The van der Waals surface area contributed by atoms with Crippen LogP contribution in [0.15, 0.2) is 34.1 Å². The molecule has 94 valence electrons. The van der Waals surface area contributed by atoms with E-state index in [9.17, 15) is 9.90 Å². The fourth-order valence-electron chi connectivity index (χ4n) is 1.63. The average Bonchev–Trinajstić information content (AvgIpc) is 2.79. The van der Waals surface area contributed by atoms with E-state index in [4.69, 9.17) is 0 Å². The summed E-state index contributed by atoms with van der Waals surface area (Å²) in [5, 5.41) is 9.29. The van der Waals surface area contributed by atoms with Gasteiger partial charge in [-0.15, -0.1) is 11.3 Å². The van der Waals surface area contributed by atoms with Crippen LogP contribution in [0.1, 0.15) is 15.9 Å². The predicted octanol–water partition coefficient (Wildman–Crippen LogP) is 3.46. The third-order valence-electron chi connectivity index (χ3n) is 2.52. The molecule has 0 aliphatic heterocycles. The second-order valence-electron chi connectivity index (χ2n) is 3.63. The van der Waals surface area contributed by atoms with E-state index in [1.807, 2.05) is 18.2 Å². The van der Waals surface area contributed by atoms with Gasteiger partial charge in [-0.25, -0.2) is 4.79 Å². The number of carbonyl (C=O) groups is 1. The second-order valence-corrected chi connectivity index (χ2v) is 6.06. The van der Waals surface area contributed by atoms with E-state index in [1.54, 1.807) is 23.5 Å². The van der Waals surface area contributed by atoms with E-state index in [0.717, 1.165) is 19.8 Å². The molecule has 0 fully saturated rings. The first-order chi connectivity index (χ1) is 8.65. The molecule has 0 amide bonds. The average molecular weight is 327 g/mol. The largest absolute Gasteiger partial charge is 0.465 e. The molecule has 0 spiro atoms. The van der Waals surface area contributed by atoms with Crippen LogP contribution >= 0.6 is 27.3 Å². The zero-order valence-electron chi connectivity index (χ0n) is 9.64. The summed E-state index contributed by atoms with van der Waals surface area (Å²) < 4.78 is 5.62. The molecule has 0 saturated carbocycles. The number of halogens is 1. The fraction of sp³-hybridized carbons (Fsp3) is 0.154. The van der Waals surface area contributed by atoms with E-state index in [1.165, 1.54) is 7.11 Å². The van der Waals surface area contributed by atoms with Crippen LogP contribution in [0.25, 0.3) is 10.4 Å². The van der Waals surface area contributed by atoms with Crippen LogP contribution in [0.5, 0.6) is 0 Å². The lowest BCUT2D eigenvalue weighted by Gasteiger charge is -2.03. The lowest BCUT2D eigenvalue weighted by molar-refractivity contribution is 0.0601.